The lowest BCUT2D eigenvalue weighted by atomic mass is 9.78. The molecule has 0 unspecified atom stereocenters. The van der Waals surface area contributed by atoms with E-state index in [0.29, 0.717) is 44.7 Å². The molecule has 3 aliphatic rings. The van der Waals surface area contributed by atoms with Gasteiger partial charge in [0.25, 0.3) is 0 Å². The fraction of sp³-hybridized carbons (Fsp3) is 0.640. The van der Waals surface area contributed by atoms with Crippen molar-refractivity contribution in [3.63, 3.8) is 0 Å². The highest BCUT2D eigenvalue weighted by Gasteiger charge is 2.44. The van der Waals surface area contributed by atoms with Crippen LogP contribution in [-0.4, -0.2) is 42.9 Å². The third-order valence-electron chi connectivity index (χ3n) is 7.94. The molecule has 0 aromatic heterocycles. The maximum Gasteiger partial charge on any atom is 0.417 e. The van der Waals surface area contributed by atoms with E-state index in [1.807, 2.05) is 9.80 Å². The molecular weight excluding hydrogens is 445 g/mol. The molecule has 2 aliphatic heterocycles. The van der Waals surface area contributed by atoms with E-state index < -0.39 is 11.7 Å². The maximum atomic E-state index is 13.4. The topological polar surface area (TPSA) is 90.4 Å². The number of nitrogens with two attached hydrogens (primary N) is 1. The van der Waals surface area contributed by atoms with Crippen molar-refractivity contribution in [3.8, 4) is 6.07 Å². The molecule has 184 valence electrons. The van der Waals surface area contributed by atoms with Crippen LogP contribution in [0.25, 0.3) is 0 Å². The second kappa shape index (κ2) is 9.85. The second-order valence-electron chi connectivity index (χ2n) is 9.91. The van der Waals surface area contributed by atoms with E-state index in [-0.39, 0.29) is 41.0 Å². The summed E-state index contributed by atoms with van der Waals surface area (Å²) in [6.07, 6.45) is 1.94. The Morgan fingerprint density at radius 3 is 2.29 bits per heavy atom. The quantitative estimate of drug-likeness (QED) is 0.713. The molecule has 3 fully saturated rings. The Morgan fingerprint density at radius 1 is 1.03 bits per heavy atom. The third kappa shape index (κ3) is 5.01. The summed E-state index contributed by atoms with van der Waals surface area (Å²) in [5.41, 5.74) is 4.85. The zero-order valence-electron chi connectivity index (χ0n) is 19.2. The number of halogens is 3. The first-order chi connectivity index (χ1) is 16.2. The van der Waals surface area contributed by atoms with Crippen molar-refractivity contribution >= 4 is 17.5 Å². The van der Waals surface area contributed by atoms with Gasteiger partial charge in [-0.25, -0.2) is 0 Å². The van der Waals surface area contributed by atoms with Crippen molar-refractivity contribution < 1.29 is 22.8 Å². The summed E-state index contributed by atoms with van der Waals surface area (Å²) in [5, 5.41) is 9.02. The number of rotatable bonds is 4. The normalized spacial score (nSPS) is 24.8. The van der Waals surface area contributed by atoms with Gasteiger partial charge >= 0.3 is 6.18 Å². The number of hydrogen-bond donors (Lipinski definition) is 1. The lowest BCUT2D eigenvalue weighted by Gasteiger charge is -2.37. The van der Waals surface area contributed by atoms with Crippen LogP contribution >= 0.6 is 0 Å². The van der Waals surface area contributed by atoms with Crippen LogP contribution in [0.5, 0.6) is 0 Å². The fourth-order valence-corrected chi connectivity index (χ4v) is 6.04. The first-order valence-electron chi connectivity index (χ1n) is 12.1. The molecule has 1 aliphatic carbocycles. The molecule has 2 atom stereocenters. The summed E-state index contributed by atoms with van der Waals surface area (Å²) in [4.78, 5) is 29.0. The number of likely N-dealkylation sites (tertiary alicyclic amines) is 1. The number of anilines is 1. The zero-order chi connectivity index (χ0) is 24.5. The smallest absolute Gasteiger partial charge is 0.372 e. The highest BCUT2D eigenvalue weighted by molar-refractivity contribution is 5.82. The average molecular weight is 477 g/mol. The van der Waals surface area contributed by atoms with Gasteiger partial charge in [0.1, 0.15) is 0 Å². The van der Waals surface area contributed by atoms with Crippen molar-refractivity contribution in [2.45, 2.75) is 51.1 Å². The lowest BCUT2D eigenvalue weighted by Crippen LogP contribution is -2.40. The highest BCUT2D eigenvalue weighted by atomic mass is 19.4. The Hall–Kier alpha value is -2.76. The van der Waals surface area contributed by atoms with Crippen LogP contribution in [0.4, 0.5) is 18.9 Å². The summed E-state index contributed by atoms with van der Waals surface area (Å²) >= 11 is 0. The molecule has 34 heavy (non-hydrogen) atoms. The molecule has 6 nitrogen and oxygen atoms in total. The number of carbonyl (C=O) groups is 2. The Morgan fingerprint density at radius 2 is 1.71 bits per heavy atom. The van der Waals surface area contributed by atoms with Crippen molar-refractivity contribution in [1.82, 2.24) is 4.90 Å². The predicted octanol–water partition coefficient (Wildman–Crippen LogP) is 3.93. The minimum atomic E-state index is -4.59. The number of alkyl halides is 3. The van der Waals surface area contributed by atoms with Crippen molar-refractivity contribution in [2.24, 2.45) is 29.4 Å². The standard InChI is InChI=1S/C25H31F3N4O2/c26-25(27,28)22-12-19(7-6-18(22)13-29)31-10-8-16(9-11-31)20-14-32(15-21(20)23(30)33)24(34)17-4-2-1-3-5-17/h6-7,12,16-17,20-21H,1-5,8-11,14-15H2,(H2,30,33)/t20-,21+/m0/s1. The van der Waals surface area contributed by atoms with Crippen molar-refractivity contribution in [2.75, 3.05) is 31.1 Å². The van der Waals surface area contributed by atoms with Crippen LogP contribution < -0.4 is 10.6 Å². The van der Waals surface area contributed by atoms with Crippen LogP contribution in [0.1, 0.15) is 56.1 Å². The van der Waals surface area contributed by atoms with E-state index in [9.17, 15) is 22.8 Å². The molecule has 1 aromatic carbocycles. The van der Waals surface area contributed by atoms with Gasteiger partial charge in [-0.2, -0.15) is 18.4 Å². The molecule has 2 amide bonds. The largest absolute Gasteiger partial charge is 0.417 e. The number of benzene rings is 1. The third-order valence-corrected chi connectivity index (χ3v) is 7.94. The SMILES string of the molecule is N#Cc1ccc(N2CCC([C@@H]3CN(C(=O)C4CCCCC4)C[C@H]3C(N)=O)CC2)cc1C(F)(F)F. The van der Waals surface area contributed by atoms with Gasteiger partial charge in [0.2, 0.25) is 11.8 Å². The summed E-state index contributed by atoms with van der Waals surface area (Å²) in [6.45, 7) is 2.00. The highest BCUT2D eigenvalue weighted by Crippen LogP contribution is 2.39. The Labute approximate surface area is 197 Å². The Bertz CT molecular complexity index is 960. The van der Waals surface area contributed by atoms with Gasteiger partial charge < -0.3 is 15.5 Å². The maximum absolute atomic E-state index is 13.4. The number of nitriles is 1. The minimum absolute atomic E-state index is 0.0149. The van der Waals surface area contributed by atoms with E-state index >= 15 is 0 Å². The number of primary amides is 1. The summed E-state index contributed by atoms with van der Waals surface area (Å²) < 4.78 is 40.1. The van der Waals surface area contributed by atoms with Gasteiger partial charge in [0.05, 0.1) is 23.1 Å². The molecule has 2 N–H and O–H groups in total. The summed E-state index contributed by atoms with van der Waals surface area (Å²) in [5.74, 6) is -0.411. The average Bonchev–Trinajstić information content (AvgIpc) is 3.29. The minimum Gasteiger partial charge on any atom is -0.372 e. The molecular formula is C25H31F3N4O2. The predicted molar refractivity (Wildman–Crippen MR) is 120 cm³/mol. The molecule has 2 saturated heterocycles. The molecule has 1 saturated carbocycles. The molecule has 0 bridgehead atoms. The molecule has 1 aromatic rings. The van der Waals surface area contributed by atoms with Crippen LogP contribution in [0, 0.1) is 35.0 Å². The van der Waals surface area contributed by atoms with Crippen molar-refractivity contribution in [3.05, 3.63) is 29.3 Å². The van der Waals surface area contributed by atoms with E-state index in [0.717, 1.165) is 31.7 Å². The number of piperidine rings is 1. The van der Waals surface area contributed by atoms with Gasteiger partial charge in [-0.15, -0.1) is 0 Å². The monoisotopic (exact) mass is 476 g/mol. The van der Waals surface area contributed by atoms with Crippen LogP contribution in [-0.2, 0) is 15.8 Å². The molecule has 2 heterocycles. The van der Waals surface area contributed by atoms with E-state index in [1.54, 1.807) is 12.1 Å². The molecule has 0 spiro atoms. The summed E-state index contributed by atoms with van der Waals surface area (Å²) in [6, 6.07) is 5.44. The van der Waals surface area contributed by atoms with Crippen LogP contribution in [0.15, 0.2) is 18.2 Å². The number of amides is 2. The number of nitrogens with zero attached hydrogens (tertiary/aromatic N) is 3. The van der Waals surface area contributed by atoms with Gasteiger partial charge in [0, 0.05) is 37.8 Å². The Balaban J connectivity index is 1.42. The molecule has 4 rings (SSSR count). The Kier molecular flexibility index (Phi) is 7.06. The fourth-order valence-electron chi connectivity index (χ4n) is 6.04. The van der Waals surface area contributed by atoms with Gasteiger partial charge in [0.15, 0.2) is 0 Å². The molecule has 0 radical (unpaired) electrons. The summed E-state index contributed by atoms with van der Waals surface area (Å²) in [7, 11) is 0. The molecule has 9 heteroatoms. The van der Waals surface area contributed by atoms with E-state index in [1.165, 1.54) is 12.5 Å². The number of hydrogen-bond acceptors (Lipinski definition) is 4. The van der Waals surface area contributed by atoms with Crippen LogP contribution in [0.2, 0.25) is 0 Å². The number of carbonyl (C=O) groups excluding carboxylic acids is 2. The zero-order valence-corrected chi connectivity index (χ0v) is 19.2. The van der Waals surface area contributed by atoms with Crippen molar-refractivity contribution in [1.29, 1.82) is 5.26 Å². The van der Waals surface area contributed by atoms with Gasteiger partial charge in [-0.1, -0.05) is 19.3 Å². The first-order valence-corrected chi connectivity index (χ1v) is 12.1. The van der Waals surface area contributed by atoms with Gasteiger partial charge in [-0.3, -0.25) is 9.59 Å². The van der Waals surface area contributed by atoms with Crippen LogP contribution in [0.3, 0.4) is 0 Å². The first kappa shape index (κ1) is 24.4. The second-order valence-corrected chi connectivity index (χ2v) is 9.91. The van der Waals surface area contributed by atoms with Gasteiger partial charge in [-0.05, 0) is 55.7 Å². The lowest BCUT2D eigenvalue weighted by molar-refractivity contribution is -0.138. The van der Waals surface area contributed by atoms with E-state index in [2.05, 4.69) is 0 Å². The van der Waals surface area contributed by atoms with E-state index in [4.69, 9.17) is 11.0 Å².